The summed E-state index contributed by atoms with van der Waals surface area (Å²) in [7, 11) is -5.83. The molecule has 43 heavy (non-hydrogen) atoms. The van der Waals surface area contributed by atoms with Crippen molar-refractivity contribution < 1.29 is 64.6 Å². The van der Waals surface area contributed by atoms with Gasteiger partial charge in [0.2, 0.25) is 0 Å². The second kappa shape index (κ2) is 10.9. The Morgan fingerprint density at radius 2 is 1.77 bits per heavy atom. The second-order valence-electron chi connectivity index (χ2n) is 12.9. The number of rotatable bonds is 10. The van der Waals surface area contributed by atoms with Crippen LogP contribution >= 0.6 is 0 Å². The van der Waals surface area contributed by atoms with Gasteiger partial charge in [0.15, 0.2) is 6.10 Å². The van der Waals surface area contributed by atoms with Gasteiger partial charge in [0.1, 0.15) is 17.8 Å². The summed E-state index contributed by atoms with van der Waals surface area (Å²) < 4.78 is 85.7. The predicted molar refractivity (Wildman–Crippen MR) is 138 cm³/mol. The van der Waals surface area contributed by atoms with Gasteiger partial charge in [0.25, 0.3) is 0 Å². The number of ether oxygens (including phenoxy) is 5. The molecule has 1 N–H and O–H groups in total. The molecule has 6 aliphatic rings. The van der Waals surface area contributed by atoms with Gasteiger partial charge in [-0.05, 0) is 58.3 Å². The third-order valence-electron chi connectivity index (χ3n) is 10.5. The van der Waals surface area contributed by atoms with Crippen LogP contribution in [0.1, 0.15) is 77.6 Å². The van der Waals surface area contributed by atoms with Crippen molar-refractivity contribution in [2.75, 3.05) is 0 Å². The van der Waals surface area contributed by atoms with Crippen LogP contribution in [0.5, 0.6) is 0 Å². The summed E-state index contributed by atoms with van der Waals surface area (Å²) in [6.07, 6.45) is 2.35. The number of carbonyl (C=O) groups excluding carboxylic acids is 4. The number of hydrogen-bond acceptors (Lipinski definition) is 11. The predicted octanol–water partition coefficient (Wildman–Crippen LogP) is 2.71. The lowest BCUT2D eigenvalue weighted by molar-refractivity contribution is -0.187. The highest BCUT2D eigenvalue weighted by molar-refractivity contribution is 7.86. The minimum Gasteiger partial charge on any atom is -0.458 e. The van der Waals surface area contributed by atoms with Gasteiger partial charge >= 0.3 is 39.2 Å². The van der Waals surface area contributed by atoms with E-state index < -0.39 is 93.8 Å². The number of hydrogen-bond donors (Lipinski definition) is 1. The molecule has 0 aromatic carbocycles. The molecule has 12 nitrogen and oxygen atoms in total. The zero-order chi connectivity index (χ0) is 30.9. The van der Waals surface area contributed by atoms with Crippen molar-refractivity contribution in [3.05, 3.63) is 0 Å². The van der Waals surface area contributed by atoms with Crippen molar-refractivity contribution in [2.24, 2.45) is 29.6 Å². The van der Waals surface area contributed by atoms with Crippen molar-refractivity contribution >= 4 is 34.0 Å². The molecule has 0 amide bonds. The third-order valence-corrected chi connectivity index (χ3v) is 11.5. The summed E-state index contributed by atoms with van der Waals surface area (Å²) in [4.78, 5) is 51.5. The molecule has 0 aromatic heterocycles. The van der Waals surface area contributed by atoms with E-state index in [1.54, 1.807) is 0 Å². The first-order chi connectivity index (χ1) is 20.2. The van der Waals surface area contributed by atoms with Gasteiger partial charge in [0.05, 0.1) is 36.9 Å². The Morgan fingerprint density at radius 1 is 1.07 bits per heavy atom. The molecule has 240 valence electrons. The van der Waals surface area contributed by atoms with Crippen LogP contribution in [0.25, 0.3) is 0 Å². The van der Waals surface area contributed by atoms with Gasteiger partial charge in [-0.3, -0.25) is 23.7 Å². The van der Waals surface area contributed by atoms with E-state index in [0.29, 0.717) is 13.3 Å². The highest BCUT2D eigenvalue weighted by atomic mass is 32.2. The van der Waals surface area contributed by atoms with Gasteiger partial charge in [0, 0.05) is 17.8 Å². The van der Waals surface area contributed by atoms with Gasteiger partial charge < -0.3 is 23.7 Å². The summed E-state index contributed by atoms with van der Waals surface area (Å²) in [5, 5.41) is -4.74. The van der Waals surface area contributed by atoms with Crippen LogP contribution in [0.15, 0.2) is 0 Å². The number of carbonyl (C=O) groups is 4. The molecule has 3 aliphatic heterocycles. The maximum atomic E-state index is 13.9. The Kier molecular flexibility index (Phi) is 7.76. The van der Waals surface area contributed by atoms with Crippen LogP contribution in [0.4, 0.5) is 8.78 Å². The normalized spacial score (nSPS) is 38.0. The van der Waals surface area contributed by atoms with Crippen molar-refractivity contribution in [3.63, 3.8) is 0 Å². The van der Waals surface area contributed by atoms with E-state index in [1.807, 2.05) is 0 Å². The van der Waals surface area contributed by atoms with E-state index in [9.17, 15) is 36.4 Å². The van der Waals surface area contributed by atoms with Crippen LogP contribution in [0.3, 0.4) is 0 Å². The van der Waals surface area contributed by atoms with E-state index in [-0.39, 0.29) is 24.0 Å². The zero-order valence-corrected chi connectivity index (χ0v) is 24.5. The maximum absolute atomic E-state index is 13.9. The van der Waals surface area contributed by atoms with Crippen LogP contribution in [0, 0.1) is 29.6 Å². The van der Waals surface area contributed by atoms with Gasteiger partial charge in [-0.15, -0.1) is 0 Å². The molecule has 15 heteroatoms. The first kappa shape index (κ1) is 30.6. The van der Waals surface area contributed by atoms with E-state index in [0.717, 1.165) is 51.4 Å². The topological polar surface area (TPSA) is 169 Å². The quantitative estimate of drug-likeness (QED) is 0.212. The number of alkyl halides is 2. The summed E-state index contributed by atoms with van der Waals surface area (Å²) in [5.74, 6) is -5.51. The number of halogens is 2. The molecule has 3 saturated heterocycles. The van der Waals surface area contributed by atoms with E-state index in [2.05, 4.69) is 4.74 Å². The molecule has 6 rings (SSSR count). The van der Waals surface area contributed by atoms with E-state index in [1.165, 1.54) is 0 Å². The first-order valence-electron chi connectivity index (χ1n) is 15.0. The maximum Gasteiger partial charge on any atom is 0.405 e. The lowest BCUT2D eigenvalue weighted by atomic mass is 9.69. The summed E-state index contributed by atoms with van der Waals surface area (Å²) >= 11 is 0. The van der Waals surface area contributed by atoms with Gasteiger partial charge in [-0.25, -0.2) is 0 Å². The lowest BCUT2D eigenvalue weighted by Crippen LogP contribution is -2.51. The minimum absolute atomic E-state index is 0.0550. The standard InChI is InChI=1S/C28H36F2O12S/c1-13(28(29,30)43(35,36)37)38-19(31)7-8-20(32)40-23-16-12-15-21(25(33)41-24(15)23)22(16)26(34)42-27(9-3-2-4-10-27)17-11-14-5-6-18(17)39-14/h13-18,21-24H,2-12H2,1H3,(H,35,36,37). The average Bonchev–Trinajstić information content (AvgIpc) is 3.75. The SMILES string of the molecule is CC(OC(=O)CCC(=O)OC1C2CC3C1OC(=O)C3C2C(=O)OC1(C2CC3CCC2O3)CCCCC1)C(F)(F)S(=O)(=O)O. The highest BCUT2D eigenvalue weighted by Gasteiger charge is 2.71. The van der Waals surface area contributed by atoms with Crippen molar-refractivity contribution in [3.8, 4) is 0 Å². The molecule has 3 saturated carbocycles. The highest BCUT2D eigenvalue weighted by Crippen LogP contribution is 2.60. The van der Waals surface area contributed by atoms with Crippen molar-refractivity contribution in [1.29, 1.82) is 0 Å². The molecule has 3 aliphatic carbocycles. The fourth-order valence-corrected chi connectivity index (χ4v) is 9.04. The zero-order valence-electron chi connectivity index (χ0n) is 23.7. The average molecular weight is 635 g/mol. The first-order valence-corrected chi connectivity index (χ1v) is 16.5. The summed E-state index contributed by atoms with van der Waals surface area (Å²) in [6.45, 7) is 0.588. The molecule has 0 aromatic rings. The summed E-state index contributed by atoms with van der Waals surface area (Å²) in [5.41, 5.74) is -0.658. The fraction of sp³-hybridized carbons (Fsp3) is 0.857. The molecule has 0 radical (unpaired) electrons. The molecule has 10 unspecified atom stereocenters. The van der Waals surface area contributed by atoms with Crippen LogP contribution < -0.4 is 0 Å². The van der Waals surface area contributed by atoms with Crippen LogP contribution in [0.2, 0.25) is 0 Å². The molecule has 3 heterocycles. The number of esters is 4. The molecule has 4 bridgehead atoms. The Bertz CT molecular complexity index is 1280. The third kappa shape index (κ3) is 5.22. The second-order valence-corrected chi connectivity index (χ2v) is 14.4. The molecular weight excluding hydrogens is 598 g/mol. The largest absolute Gasteiger partial charge is 0.458 e. The fourth-order valence-electron chi connectivity index (χ4n) is 8.58. The van der Waals surface area contributed by atoms with Crippen LogP contribution in [-0.2, 0) is 53.0 Å². The minimum atomic E-state index is -5.83. The molecule has 6 fully saturated rings. The van der Waals surface area contributed by atoms with E-state index >= 15 is 0 Å². The van der Waals surface area contributed by atoms with Crippen LogP contribution in [-0.4, -0.2) is 78.2 Å². The Morgan fingerprint density at radius 3 is 2.40 bits per heavy atom. The van der Waals surface area contributed by atoms with Crippen molar-refractivity contribution in [1.82, 2.24) is 0 Å². The molecular formula is C28H36F2O12S. The van der Waals surface area contributed by atoms with Gasteiger partial charge in [-0.2, -0.15) is 17.2 Å². The molecule has 0 spiro atoms. The smallest absolute Gasteiger partial charge is 0.405 e. The number of fused-ring (bicyclic) bond motifs is 3. The van der Waals surface area contributed by atoms with E-state index in [4.69, 9.17) is 23.5 Å². The Hall–Kier alpha value is -2.39. The Balaban J connectivity index is 1.10. The molecule has 10 atom stereocenters. The monoisotopic (exact) mass is 634 g/mol. The lowest BCUT2D eigenvalue weighted by Gasteiger charge is -2.45. The van der Waals surface area contributed by atoms with Gasteiger partial charge in [-0.1, -0.05) is 6.42 Å². The van der Waals surface area contributed by atoms with Crippen molar-refractivity contribution in [2.45, 2.75) is 119 Å². The Labute approximate surface area is 247 Å². The summed E-state index contributed by atoms with van der Waals surface area (Å²) in [6, 6.07) is 0.